The maximum Gasteiger partial charge on any atom is 0.308 e. The first kappa shape index (κ1) is 15.5. The summed E-state index contributed by atoms with van der Waals surface area (Å²) in [6.45, 7) is 0.984. The van der Waals surface area contributed by atoms with E-state index >= 15 is 0 Å². The number of carboxylic acids is 1. The minimum atomic E-state index is -0.812. The summed E-state index contributed by atoms with van der Waals surface area (Å²) < 4.78 is 0. The normalized spacial score (nSPS) is 20.0. The standard InChI is InChI=1S/C16H22N2O3/c17-14(12-5-2-1-3-6-12)8-9-15(19)18-10-4-7-13(11-18)16(20)21/h1-3,5-6,13-14H,4,7-11,17H2,(H,20,21)/t13-,14?/m0/s1. The lowest BCUT2D eigenvalue weighted by Crippen LogP contribution is -2.42. The minimum absolute atomic E-state index is 0.00679. The molecule has 1 fully saturated rings. The number of hydrogen-bond acceptors (Lipinski definition) is 3. The molecule has 1 aliphatic rings. The molecule has 3 N–H and O–H groups in total. The molecule has 5 nitrogen and oxygen atoms in total. The van der Waals surface area contributed by atoms with E-state index in [1.807, 2.05) is 30.3 Å². The van der Waals surface area contributed by atoms with Gasteiger partial charge in [-0.05, 0) is 24.8 Å². The molecule has 1 aromatic rings. The van der Waals surface area contributed by atoms with E-state index in [4.69, 9.17) is 10.8 Å². The van der Waals surface area contributed by atoms with Crippen LogP contribution in [0.4, 0.5) is 0 Å². The van der Waals surface area contributed by atoms with E-state index in [1.54, 1.807) is 4.90 Å². The fourth-order valence-electron chi connectivity index (χ4n) is 2.71. The average molecular weight is 290 g/mol. The molecule has 0 radical (unpaired) electrons. The minimum Gasteiger partial charge on any atom is -0.481 e. The van der Waals surface area contributed by atoms with Crippen LogP contribution in [0.15, 0.2) is 30.3 Å². The highest BCUT2D eigenvalue weighted by Gasteiger charge is 2.28. The largest absolute Gasteiger partial charge is 0.481 e. The van der Waals surface area contributed by atoms with Crippen LogP contribution in [0.1, 0.15) is 37.3 Å². The highest BCUT2D eigenvalue weighted by molar-refractivity contribution is 5.78. The molecule has 1 heterocycles. The summed E-state index contributed by atoms with van der Waals surface area (Å²) >= 11 is 0. The molecule has 1 saturated heterocycles. The van der Waals surface area contributed by atoms with Gasteiger partial charge in [-0.15, -0.1) is 0 Å². The van der Waals surface area contributed by atoms with Crippen LogP contribution in [0.5, 0.6) is 0 Å². The smallest absolute Gasteiger partial charge is 0.308 e. The van der Waals surface area contributed by atoms with E-state index in [1.165, 1.54) is 0 Å². The van der Waals surface area contributed by atoms with Gasteiger partial charge in [0.25, 0.3) is 0 Å². The van der Waals surface area contributed by atoms with Gasteiger partial charge in [-0.1, -0.05) is 30.3 Å². The Kier molecular flexibility index (Phi) is 5.33. The van der Waals surface area contributed by atoms with E-state index in [2.05, 4.69) is 0 Å². The Hall–Kier alpha value is -1.88. The number of carbonyl (C=O) groups is 2. The number of likely N-dealkylation sites (tertiary alicyclic amines) is 1. The second-order valence-electron chi connectivity index (χ2n) is 5.57. The number of piperidine rings is 1. The Morgan fingerprint density at radius 3 is 2.71 bits per heavy atom. The molecule has 5 heteroatoms. The number of rotatable bonds is 5. The van der Waals surface area contributed by atoms with Crippen molar-refractivity contribution >= 4 is 11.9 Å². The summed E-state index contributed by atoms with van der Waals surface area (Å²) in [5, 5.41) is 9.05. The molecule has 1 unspecified atom stereocenters. The van der Waals surface area contributed by atoms with Crippen molar-refractivity contribution in [3.05, 3.63) is 35.9 Å². The summed E-state index contributed by atoms with van der Waals surface area (Å²) in [5.74, 6) is -1.23. The molecular weight excluding hydrogens is 268 g/mol. The number of carbonyl (C=O) groups excluding carboxylic acids is 1. The number of benzene rings is 1. The average Bonchev–Trinajstić information content (AvgIpc) is 2.53. The zero-order valence-corrected chi connectivity index (χ0v) is 12.1. The van der Waals surface area contributed by atoms with Gasteiger partial charge in [0.2, 0.25) is 5.91 Å². The number of hydrogen-bond donors (Lipinski definition) is 2. The quantitative estimate of drug-likeness (QED) is 0.866. The van der Waals surface area contributed by atoms with Crippen LogP contribution in [0.25, 0.3) is 0 Å². The summed E-state index contributed by atoms with van der Waals surface area (Å²) in [4.78, 5) is 24.9. The van der Waals surface area contributed by atoms with Crippen LogP contribution in [0.3, 0.4) is 0 Å². The van der Waals surface area contributed by atoms with Gasteiger partial charge in [0, 0.05) is 25.6 Å². The second-order valence-corrected chi connectivity index (χ2v) is 5.57. The van der Waals surface area contributed by atoms with Gasteiger partial charge in [0.1, 0.15) is 0 Å². The first-order valence-electron chi connectivity index (χ1n) is 7.39. The Morgan fingerprint density at radius 1 is 1.33 bits per heavy atom. The summed E-state index contributed by atoms with van der Waals surface area (Å²) in [6.07, 6.45) is 2.36. The molecule has 0 bridgehead atoms. The Bertz CT molecular complexity index is 490. The molecule has 1 aliphatic heterocycles. The lowest BCUT2D eigenvalue weighted by Gasteiger charge is -2.31. The molecule has 0 aliphatic carbocycles. The van der Waals surface area contributed by atoms with Crippen molar-refractivity contribution in [2.45, 2.75) is 31.7 Å². The third-order valence-electron chi connectivity index (χ3n) is 4.02. The SMILES string of the molecule is NC(CCC(=O)N1CCC[C@H](C(=O)O)C1)c1ccccc1. The molecule has 114 valence electrons. The van der Waals surface area contributed by atoms with Crippen molar-refractivity contribution in [3.8, 4) is 0 Å². The van der Waals surface area contributed by atoms with Crippen molar-refractivity contribution < 1.29 is 14.7 Å². The van der Waals surface area contributed by atoms with Crippen molar-refractivity contribution in [1.82, 2.24) is 4.90 Å². The second kappa shape index (κ2) is 7.22. The summed E-state index contributed by atoms with van der Waals surface area (Å²) in [6, 6.07) is 9.54. The molecule has 0 saturated carbocycles. The van der Waals surface area contributed by atoms with Gasteiger partial charge >= 0.3 is 5.97 Å². The summed E-state index contributed by atoms with van der Waals surface area (Å²) in [7, 11) is 0. The van der Waals surface area contributed by atoms with Gasteiger partial charge in [-0.3, -0.25) is 9.59 Å². The van der Waals surface area contributed by atoms with Gasteiger partial charge in [0.15, 0.2) is 0 Å². The van der Waals surface area contributed by atoms with Crippen LogP contribution in [0, 0.1) is 5.92 Å². The first-order valence-corrected chi connectivity index (χ1v) is 7.39. The zero-order valence-electron chi connectivity index (χ0n) is 12.1. The topological polar surface area (TPSA) is 83.6 Å². The van der Waals surface area contributed by atoms with Crippen LogP contribution in [-0.2, 0) is 9.59 Å². The predicted molar refractivity (Wildman–Crippen MR) is 79.5 cm³/mol. The highest BCUT2D eigenvalue weighted by atomic mass is 16.4. The monoisotopic (exact) mass is 290 g/mol. The van der Waals surface area contributed by atoms with Gasteiger partial charge in [-0.2, -0.15) is 0 Å². The van der Waals surface area contributed by atoms with Gasteiger partial charge < -0.3 is 15.7 Å². The third kappa shape index (κ3) is 4.29. The maximum absolute atomic E-state index is 12.2. The van der Waals surface area contributed by atoms with Crippen LogP contribution in [0.2, 0.25) is 0 Å². The number of nitrogens with zero attached hydrogens (tertiary/aromatic N) is 1. The van der Waals surface area contributed by atoms with Crippen molar-refractivity contribution in [2.75, 3.05) is 13.1 Å². The Balaban J connectivity index is 1.83. The predicted octanol–water partition coefficient (Wildman–Crippen LogP) is 1.79. The number of nitrogens with two attached hydrogens (primary N) is 1. The lowest BCUT2D eigenvalue weighted by atomic mass is 9.97. The van der Waals surface area contributed by atoms with E-state index in [0.717, 1.165) is 12.0 Å². The van der Waals surface area contributed by atoms with Crippen molar-refractivity contribution in [3.63, 3.8) is 0 Å². The molecule has 1 aromatic carbocycles. The molecule has 2 atom stereocenters. The Labute approximate surface area is 124 Å². The third-order valence-corrected chi connectivity index (χ3v) is 4.02. The van der Waals surface area contributed by atoms with Crippen LogP contribution in [-0.4, -0.2) is 35.0 Å². The Morgan fingerprint density at radius 2 is 2.05 bits per heavy atom. The van der Waals surface area contributed by atoms with E-state index in [-0.39, 0.29) is 11.9 Å². The fourth-order valence-corrected chi connectivity index (χ4v) is 2.71. The molecule has 21 heavy (non-hydrogen) atoms. The molecule has 2 rings (SSSR count). The zero-order chi connectivity index (χ0) is 15.2. The molecular formula is C16H22N2O3. The number of aliphatic carboxylic acids is 1. The number of carboxylic acid groups (broad SMARTS) is 1. The van der Waals surface area contributed by atoms with Crippen molar-refractivity contribution in [1.29, 1.82) is 0 Å². The van der Waals surface area contributed by atoms with E-state index in [9.17, 15) is 9.59 Å². The molecule has 1 amide bonds. The molecule has 0 aromatic heterocycles. The van der Waals surface area contributed by atoms with E-state index in [0.29, 0.717) is 32.4 Å². The maximum atomic E-state index is 12.2. The first-order chi connectivity index (χ1) is 10.1. The highest BCUT2D eigenvalue weighted by Crippen LogP contribution is 2.20. The van der Waals surface area contributed by atoms with Crippen molar-refractivity contribution in [2.24, 2.45) is 11.7 Å². The van der Waals surface area contributed by atoms with Crippen LogP contribution >= 0.6 is 0 Å². The lowest BCUT2D eigenvalue weighted by molar-refractivity contribution is -0.145. The van der Waals surface area contributed by atoms with E-state index < -0.39 is 11.9 Å². The number of amides is 1. The fraction of sp³-hybridized carbons (Fsp3) is 0.500. The van der Waals surface area contributed by atoms with Gasteiger partial charge in [0.05, 0.1) is 5.92 Å². The summed E-state index contributed by atoms with van der Waals surface area (Å²) in [5.41, 5.74) is 7.10. The van der Waals surface area contributed by atoms with Gasteiger partial charge in [-0.25, -0.2) is 0 Å². The van der Waals surface area contributed by atoms with Crippen LogP contribution < -0.4 is 5.73 Å². The molecule has 0 spiro atoms.